The average molecular weight is 252 g/mol. The molecule has 14 heavy (non-hydrogen) atoms. The van der Waals surface area contributed by atoms with E-state index in [1.807, 2.05) is 11.4 Å². The Labute approximate surface area is 90.3 Å². The lowest BCUT2D eigenvalue weighted by molar-refractivity contribution is 0.862. The second kappa shape index (κ2) is 2.79. The molecule has 0 unspecified atom stereocenters. The van der Waals surface area contributed by atoms with E-state index in [0.29, 0.717) is 5.92 Å². The summed E-state index contributed by atoms with van der Waals surface area (Å²) in [7, 11) is 0. The number of nitrogens with zero attached hydrogens (tertiary/aromatic N) is 3. The van der Waals surface area contributed by atoms with Gasteiger partial charge in [-0.1, -0.05) is 0 Å². The number of fused-ring (bicyclic) bond motifs is 1. The molecule has 1 saturated carbocycles. The first kappa shape index (κ1) is 8.41. The van der Waals surface area contributed by atoms with Crippen LogP contribution in [0.3, 0.4) is 0 Å². The van der Waals surface area contributed by atoms with Crippen molar-refractivity contribution in [3.05, 3.63) is 28.3 Å². The van der Waals surface area contributed by atoms with Gasteiger partial charge in [0.2, 0.25) is 0 Å². The summed E-state index contributed by atoms with van der Waals surface area (Å²) in [5.74, 6) is 0.671. The highest BCUT2D eigenvalue weighted by Gasteiger charge is 2.29. The maximum Gasteiger partial charge on any atom is 0.117 e. The lowest BCUT2D eigenvalue weighted by Gasteiger charge is -1.93. The number of aromatic nitrogens is 3. The molecule has 0 aliphatic heterocycles. The number of aryl methyl sites for hydroxylation is 1. The zero-order valence-corrected chi connectivity index (χ0v) is 9.45. The number of hydrogen-bond donors (Lipinski definition) is 0. The average Bonchev–Trinajstić information content (AvgIpc) is 2.95. The number of rotatable bonds is 1. The molecular formula is C10H10BrN3. The molecule has 0 N–H and O–H groups in total. The molecule has 1 aliphatic rings. The van der Waals surface area contributed by atoms with Gasteiger partial charge >= 0.3 is 0 Å². The molecule has 4 heteroatoms. The predicted octanol–water partition coefficient (Wildman–Crippen LogP) is 2.68. The maximum absolute atomic E-state index is 4.52. The van der Waals surface area contributed by atoms with Gasteiger partial charge in [0.1, 0.15) is 6.33 Å². The Morgan fingerprint density at radius 3 is 3.00 bits per heavy atom. The van der Waals surface area contributed by atoms with E-state index >= 15 is 0 Å². The van der Waals surface area contributed by atoms with Gasteiger partial charge in [0.15, 0.2) is 0 Å². The fraction of sp³-hybridized carbons (Fsp3) is 0.400. The molecule has 0 radical (unpaired) electrons. The third-order valence-electron chi connectivity index (χ3n) is 2.59. The van der Waals surface area contributed by atoms with Crippen molar-refractivity contribution in [1.82, 2.24) is 14.6 Å². The van der Waals surface area contributed by atoms with Gasteiger partial charge in [0, 0.05) is 11.6 Å². The smallest absolute Gasteiger partial charge is 0.117 e. The molecule has 0 amide bonds. The lowest BCUT2D eigenvalue weighted by Crippen LogP contribution is -1.90. The van der Waals surface area contributed by atoms with E-state index in [9.17, 15) is 0 Å². The molecule has 1 aliphatic carbocycles. The van der Waals surface area contributed by atoms with Crippen LogP contribution in [0.5, 0.6) is 0 Å². The normalized spacial score (nSPS) is 16.4. The second-order valence-corrected chi connectivity index (χ2v) is 4.63. The lowest BCUT2D eigenvalue weighted by atomic mass is 10.3. The van der Waals surface area contributed by atoms with Crippen LogP contribution in [0.4, 0.5) is 0 Å². The molecule has 0 bridgehead atoms. The minimum Gasteiger partial charge on any atom is -0.242 e. The van der Waals surface area contributed by atoms with Crippen LogP contribution in [-0.2, 0) is 0 Å². The van der Waals surface area contributed by atoms with Crippen LogP contribution in [0.15, 0.2) is 16.9 Å². The highest BCUT2D eigenvalue weighted by atomic mass is 79.9. The van der Waals surface area contributed by atoms with E-state index in [1.54, 1.807) is 6.33 Å². The fourth-order valence-electron chi connectivity index (χ4n) is 1.66. The summed E-state index contributed by atoms with van der Waals surface area (Å²) >= 11 is 3.62. The maximum atomic E-state index is 4.52. The van der Waals surface area contributed by atoms with Crippen molar-refractivity contribution in [2.45, 2.75) is 25.7 Å². The molecule has 0 aromatic carbocycles. The van der Waals surface area contributed by atoms with Crippen LogP contribution >= 0.6 is 15.9 Å². The van der Waals surface area contributed by atoms with E-state index in [2.05, 4.69) is 32.1 Å². The van der Waals surface area contributed by atoms with Gasteiger partial charge in [-0.2, -0.15) is 5.10 Å². The Morgan fingerprint density at radius 1 is 1.50 bits per heavy atom. The summed E-state index contributed by atoms with van der Waals surface area (Å²) in [6.07, 6.45) is 4.32. The molecule has 2 heterocycles. The Hall–Kier alpha value is -0.900. The molecule has 2 aromatic heterocycles. The highest BCUT2D eigenvalue weighted by molar-refractivity contribution is 9.10. The topological polar surface area (TPSA) is 30.2 Å². The first-order chi connectivity index (χ1) is 6.75. The Bertz CT molecular complexity index is 499. The minimum atomic E-state index is 0.671. The molecule has 3 rings (SSSR count). The molecule has 1 fully saturated rings. The minimum absolute atomic E-state index is 0.671. The number of hydrogen-bond acceptors (Lipinski definition) is 2. The van der Waals surface area contributed by atoms with E-state index < -0.39 is 0 Å². The van der Waals surface area contributed by atoms with Gasteiger partial charge < -0.3 is 0 Å². The quantitative estimate of drug-likeness (QED) is 0.781. The van der Waals surface area contributed by atoms with Gasteiger partial charge in [-0.3, -0.25) is 0 Å². The van der Waals surface area contributed by atoms with E-state index in [4.69, 9.17) is 0 Å². The zero-order chi connectivity index (χ0) is 9.71. The zero-order valence-electron chi connectivity index (χ0n) is 7.87. The molecule has 0 saturated heterocycles. The van der Waals surface area contributed by atoms with Crippen LogP contribution in [0.1, 0.15) is 30.1 Å². The van der Waals surface area contributed by atoms with Crippen LogP contribution in [0.2, 0.25) is 0 Å². The Morgan fingerprint density at radius 2 is 2.29 bits per heavy atom. The van der Waals surface area contributed by atoms with E-state index in [0.717, 1.165) is 15.7 Å². The van der Waals surface area contributed by atoms with Crippen molar-refractivity contribution in [2.75, 3.05) is 0 Å². The largest absolute Gasteiger partial charge is 0.242 e. The van der Waals surface area contributed by atoms with Crippen LogP contribution in [0, 0.1) is 6.92 Å². The second-order valence-electron chi connectivity index (χ2n) is 3.83. The Balaban J connectivity index is 2.29. The number of halogens is 1. The standard InChI is InChI=1S/C10H10BrN3/c1-6-4-8-9(11)10(7-2-3-7)13-14(8)5-12-6/h4-5,7H,2-3H2,1H3. The molecule has 0 atom stereocenters. The van der Waals surface area contributed by atoms with Crippen molar-refractivity contribution >= 4 is 21.4 Å². The first-order valence-electron chi connectivity index (χ1n) is 4.76. The van der Waals surface area contributed by atoms with Gasteiger partial charge in [-0.05, 0) is 41.8 Å². The van der Waals surface area contributed by atoms with Crippen molar-refractivity contribution in [2.24, 2.45) is 0 Å². The van der Waals surface area contributed by atoms with Crippen molar-refractivity contribution in [3.8, 4) is 0 Å². The summed E-state index contributed by atoms with van der Waals surface area (Å²) in [6.45, 7) is 2.00. The summed E-state index contributed by atoms with van der Waals surface area (Å²) in [6, 6.07) is 2.06. The fourth-order valence-corrected chi connectivity index (χ4v) is 2.36. The summed E-state index contributed by atoms with van der Waals surface area (Å²) in [5.41, 5.74) is 3.34. The first-order valence-corrected chi connectivity index (χ1v) is 5.55. The molecule has 0 spiro atoms. The SMILES string of the molecule is Cc1cc2c(Br)c(C3CC3)nn2cn1. The summed E-state index contributed by atoms with van der Waals surface area (Å²) in [4.78, 5) is 4.22. The van der Waals surface area contributed by atoms with Gasteiger partial charge in [0.05, 0.1) is 15.7 Å². The third kappa shape index (κ3) is 1.17. The van der Waals surface area contributed by atoms with Crippen LogP contribution in [-0.4, -0.2) is 14.6 Å². The van der Waals surface area contributed by atoms with Crippen LogP contribution in [0.25, 0.3) is 5.52 Å². The predicted molar refractivity (Wildman–Crippen MR) is 57.4 cm³/mol. The molecule has 72 valence electrons. The Kier molecular flexibility index (Phi) is 1.68. The van der Waals surface area contributed by atoms with E-state index in [1.165, 1.54) is 18.5 Å². The van der Waals surface area contributed by atoms with Crippen LogP contribution < -0.4 is 0 Å². The van der Waals surface area contributed by atoms with Crippen molar-refractivity contribution < 1.29 is 0 Å². The monoisotopic (exact) mass is 251 g/mol. The molecular weight excluding hydrogens is 242 g/mol. The van der Waals surface area contributed by atoms with Gasteiger partial charge in [-0.15, -0.1) is 0 Å². The molecule has 3 nitrogen and oxygen atoms in total. The summed E-state index contributed by atoms with van der Waals surface area (Å²) in [5, 5.41) is 4.52. The van der Waals surface area contributed by atoms with E-state index in [-0.39, 0.29) is 0 Å². The van der Waals surface area contributed by atoms with Gasteiger partial charge in [-0.25, -0.2) is 9.50 Å². The van der Waals surface area contributed by atoms with Crippen molar-refractivity contribution in [3.63, 3.8) is 0 Å². The van der Waals surface area contributed by atoms with Gasteiger partial charge in [0.25, 0.3) is 0 Å². The van der Waals surface area contributed by atoms with Crippen molar-refractivity contribution in [1.29, 1.82) is 0 Å². The summed E-state index contributed by atoms with van der Waals surface area (Å²) < 4.78 is 3.00. The highest BCUT2D eigenvalue weighted by Crippen LogP contribution is 2.43. The molecule has 2 aromatic rings. The third-order valence-corrected chi connectivity index (χ3v) is 3.40.